The number of terminal acetylenes is 1. The number of aromatic nitrogens is 3. The highest BCUT2D eigenvalue weighted by atomic mass is 19.1. The van der Waals surface area contributed by atoms with Crippen LogP contribution in [0.25, 0.3) is 11.0 Å². The standard InChI is InChI=1S/C36H41FN6O3.C2H6O.C2H2.CH4/c1-22(46-21-36(2,3)39)24-9-10-30-32(14-24)43(16-26-11-12-44-26)33(40-30)19-42-17-27-28(18-42)35(27)31-5-4-6-34(41-31)45-20-25-8-7-23(15-38)13-29(25)37;1-3-2;1-2;/h4-10,13-14,22,26-28,35H,11-12,16-21,39H2,1-3H3;1-2H3;1-2H;1H4/t22-,26?,27?,28?,35?;;;/m0.../s1. The van der Waals surface area contributed by atoms with E-state index >= 15 is 0 Å². The quantitative estimate of drug-likeness (QED) is 0.162. The molecule has 0 spiro atoms. The Kier molecular flexibility index (Phi) is 13.9. The van der Waals surface area contributed by atoms with Crippen LogP contribution in [0, 0.1) is 41.8 Å². The van der Waals surface area contributed by atoms with Gasteiger partial charge in [-0.05, 0) is 74.9 Å². The Labute approximate surface area is 308 Å². The number of benzene rings is 2. The van der Waals surface area contributed by atoms with Crippen molar-refractivity contribution in [3.05, 3.63) is 88.6 Å². The largest absolute Gasteiger partial charge is 0.473 e. The van der Waals surface area contributed by atoms with Crippen LogP contribution < -0.4 is 10.5 Å². The molecule has 3 fully saturated rings. The van der Waals surface area contributed by atoms with Crippen LogP contribution in [0.5, 0.6) is 5.88 Å². The summed E-state index contributed by atoms with van der Waals surface area (Å²) in [5.41, 5.74) is 10.7. The Morgan fingerprint density at radius 3 is 2.42 bits per heavy atom. The van der Waals surface area contributed by atoms with Gasteiger partial charge in [0, 0.05) is 62.7 Å². The molecule has 0 radical (unpaired) electrons. The van der Waals surface area contributed by atoms with Gasteiger partial charge in [-0.1, -0.05) is 25.6 Å². The van der Waals surface area contributed by atoms with Crippen LogP contribution in [-0.4, -0.2) is 71.6 Å². The van der Waals surface area contributed by atoms with Gasteiger partial charge in [-0.15, -0.1) is 12.8 Å². The SMILES string of the molecule is C.C#C.COC.C[C@H](OCC(C)(C)N)c1ccc2nc(CN3CC4C(C3)C4c3cccc(OCc4ccc(C#N)cc4F)n3)n(CC3CCO3)c2c1. The number of nitrogens with two attached hydrogens (primary N) is 1. The lowest BCUT2D eigenvalue weighted by atomic mass is 10.1. The molecule has 2 N–H and O–H groups in total. The molecule has 11 heteroatoms. The van der Waals surface area contributed by atoms with Gasteiger partial charge in [0.2, 0.25) is 5.88 Å². The molecule has 278 valence electrons. The predicted octanol–water partition coefficient (Wildman–Crippen LogP) is 6.62. The summed E-state index contributed by atoms with van der Waals surface area (Å²) in [7, 11) is 3.25. The van der Waals surface area contributed by atoms with E-state index in [1.165, 1.54) is 6.07 Å². The molecule has 2 saturated heterocycles. The van der Waals surface area contributed by atoms with Crippen LogP contribution in [0.3, 0.4) is 0 Å². The van der Waals surface area contributed by atoms with E-state index in [0.29, 0.717) is 35.8 Å². The average Bonchev–Trinajstić information content (AvgIpc) is 3.41. The number of rotatable bonds is 12. The summed E-state index contributed by atoms with van der Waals surface area (Å²) in [4.78, 5) is 12.4. The monoisotopic (exact) mass is 712 g/mol. The Bertz CT molecular complexity index is 1830. The van der Waals surface area contributed by atoms with Crippen LogP contribution in [0.4, 0.5) is 4.39 Å². The fourth-order valence-electron chi connectivity index (χ4n) is 6.80. The van der Waals surface area contributed by atoms with E-state index in [1.807, 2.05) is 32.0 Å². The first-order chi connectivity index (χ1) is 24.6. The minimum absolute atomic E-state index is 0. The second kappa shape index (κ2) is 17.9. The van der Waals surface area contributed by atoms with E-state index in [4.69, 9.17) is 35.2 Å². The van der Waals surface area contributed by atoms with Crippen LogP contribution in [-0.2, 0) is 33.9 Å². The van der Waals surface area contributed by atoms with Crippen LogP contribution in [0.1, 0.15) is 74.8 Å². The van der Waals surface area contributed by atoms with Crippen molar-refractivity contribution in [1.82, 2.24) is 19.4 Å². The molecule has 10 nitrogen and oxygen atoms in total. The number of pyridine rings is 1. The van der Waals surface area contributed by atoms with Gasteiger partial charge in [0.15, 0.2) is 0 Å². The van der Waals surface area contributed by atoms with Crippen molar-refractivity contribution in [2.45, 2.75) is 78.0 Å². The van der Waals surface area contributed by atoms with Crippen LogP contribution in [0.15, 0.2) is 54.6 Å². The fraction of sp³-hybridized carbons (Fsp3) is 0.488. The Morgan fingerprint density at radius 2 is 1.81 bits per heavy atom. The number of halogens is 1. The van der Waals surface area contributed by atoms with E-state index < -0.39 is 5.82 Å². The highest BCUT2D eigenvalue weighted by Gasteiger charge is 2.57. The first kappa shape index (κ1) is 40.4. The van der Waals surface area contributed by atoms with Crippen molar-refractivity contribution in [1.29, 1.82) is 5.26 Å². The second-order valence-electron chi connectivity index (χ2n) is 14.2. The van der Waals surface area contributed by atoms with Crippen LogP contribution >= 0.6 is 0 Å². The van der Waals surface area contributed by atoms with Gasteiger partial charge in [-0.25, -0.2) is 14.4 Å². The van der Waals surface area contributed by atoms with Gasteiger partial charge in [0.05, 0.1) is 54.6 Å². The van der Waals surface area contributed by atoms with Gasteiger partial charge in [0.1, 0.15) is 18.2 Å². The number of imidazole rings is 1. The van der Waals surface area contributed by atoms with Gasteiger partial charge in [-0.3, -0.25) is 4.90 Å². The molecular formula is C41H53FN6O4. The third kappa shape index (κ3) is 9.74. The summed E-state index contributed by atoms with van der Waals surface area (Å²) in [6.45, 7) is 11.0. The van der Waals surface area contributed by atoms with Gasteiger partial charge >= 0.3 is 0 Å². The van der Waals surface area contributed by atoms with Crippen molar-refractivity contribution >= 4 is 11.0 Å². The average molecular weight is 713 g/mol. The summed E-state index contributed by atoms with van der Waals surface area (Å²) in [5.74, 6) is 2.60. The topological polar surface area (TPSA) is 121 Å². The van der Waals surface area contributed by atoms with E-state index in [2.05, 4.69) is 58.2 Å². The molecule has 7 rings (SSSR count). The number of nitriles is 1. The zero-order chi connectivity index (χ0) is 36.7. The fourth-order valence-corrected chi connectivity index (χ4v) is 6.80. The Morgan fingerprint density at radius 1 is 1.10 bits per heavy atom. The molecule has 3 unspecified atom stereocenters. The molecule has 1 saturated carbocycles. The number of methoxy groups -OCH3 is 1. The zero-order valence-corrected chi connectivity index (χ0v) is 30.2. The Balaban J connectivity index is 0.000000960. The first-order valence-corrected chi connectivity index (χ1v) is 17.3. The minimum Gasteiger partial charge on any atom is -0.473 e. The number of likely N-dealkylation sites (tertiary alicyclic amines) is 1. The molecule has 0 bridgehead atoms. The molecule has 52 heavy (non-hydrogen) atoms. The summed E-state index contributed by atoms with van der Waals surface area (Å²) in [6, 6.07) is 18.6. The molecule has 4 atom stereocenters. The van der Waals surface area contributed by atoms with Crippen molar-refractivity contribution < 1.29 is 23.3 Å². The van der Waals surface area contributed by atoms with Crippen molar-refractivity contribution in [3.63, 3.8) is 0 Å². The zero-order valence-electron chi connectivity index (χ0n) is 30.2. The highest BCUT2D eigenvalue weighted by molar-refractivity contribution is 5.77. The number of ether oxygens (including phenoxy) is 4. The lowest BCUT2D eigenvalue weighted by Crippen LogP contribution is -2.37. The van der Waals surface area contributed by atoms with Crippen molar-refractivity contribution in [2.24, 2.45) is 17.6 Å². The maximum Gasteiger partial charge on any atom is 0.213 e. The van der Waals surface area contributed by atoms with E-state index in [-0.39, 0.29) is 37.3 Å². The summed E-state index contributed by atoms with van der Waals surface area (Å²) in [6.07, 6.45) is 9.21. The van der Waals surface area contributed by atoms with E-state index in [9.17, 15) is 4.39 Å². The summed E-state index contributed by atoms with van der Waals surface area (Å²) >= 11 is 0. The third-order valence-electron chi connectivity index (χ3n) is 9.48. The highest BCUT2D eigenvalue weighted by Crippen LogP contribution is 2.58. The van der Waals surface area contributed by atoms with Crippen molar-refractivity contribution in [2.75, 3.05) is 40.5 Å². The molecular weight excluding hydrogens is 659 g/mol. The van der Waals surface area contributed by atoms with Gasteiger partial charge < -0.3 is 29.2 Å². The lowest BCUT2D eigenvalue weighted by molar-refractivity contribution is -0.0591. The first-order valence-electron chi connectivity index (χ1n) is 17.3. The van der Waals surface area contributed by atoms with E-state index in [1.54, 1.807) is 26.4 Å². The summed E-state index contributed by atoms with van der Waals surface area (Å²) in [5, 5.41) is 8.98. The van der Waals surface area contributed by atoms with Crippen LogP contribution in [0.2, 0.25) is 0 Å². The second-order valence-corrected chi connectivity index (χ2v) is 14.2. The molecule has 4 aromatic rings. The number of nitrogens with zero attached hydrogens (tertiary/aromatic N) is 5. The predicted molar refractivity (Wildman–Crippen MR) is 201 cm³/mol. The smallest absolute Gasteiger partial charge is 0.213 e. The number of hydrogen-bond acceptors (Lipinski definition) is 9. The molecule has 2 aliphatic heterocycles. The Hall–Kier alpha value is -4.36. The maximum atomic E-state index is 14.3. The number of hydrogen-bond donors (Lipinski definition) is 1. The number of piperidine rings is 1. The molecule has 2 aromatic heterocycles. The minimum atomic E-state index is -0.448. The molecule has 0 amide bonds. The van der Waals surface area contributed by atoms with Gasteiger partial charge in [-0.2, -0.15) is 5.26 Å². The maximum absolute atomic E-state index is 14.3. The van der Waals surface area contributed by atoms with Gasteiger partial charge in [0.25, 0.3) is 0 Å². The molecule has 3 aliphatic rings. The van der Waals surface area contributed by atoms with E-state index in [0.717, 1.165) is 67.3 Å². The summed E-state index contributed by atoms with van der Waals surface area (Å²) < 4.78 is 38.7. The third-order valence-corrected chi connectivity index (χ3v) is 9.48. The molecule has 2 aromatic carbocycles. The normalized spacial score (nSPS) is 20.8. The number of fused-ring (bicyclic) bond motifs is 2. The molecule has 4 heterocycles. The molecule has 1 aliphatic carbocycles. The lowest BCUT2D eigenvalue weighted by Gasteiger charge is -2.28. The van der Waals surface area contributed by atoms with Crippen molar-refractivity contribution in [3.8, 4) is 24.8 Å².